The predicted octanol–water partition coefficient (Wildman–Crippen LogP) is 2.23. The zero-order valence-electron chi connectivity index (χ0n) is 11.0. The molecule has 0 fully saturated rings. The molecule has 0 saturated carbocycles. The minimum Gasteiger partial charge on any atom is -0.478 e. The first kappa shape index (κ1) is 14.2. The van der Waals surface area contributed by atoms with E-state index in [-0.39, 0.29) is 21.2 Å². The van der Waals surface area contributed by atoms with Crippen LogP contribution in [0.2, 0.25) is 0 Å². The number of pyridine rings is 1. The van der Waals surface area contributed by atoms with E-state index < -0.39 is 15.8 Å². The highest BCUT2D eigenvalue weighted by atomic mass is 32.2. The molecule has 0 amide bonds. The third-order valence-corrected chi connectivity index (χ3v) is 4.57. The van der Waals surface area contributed by atoms with Gasteiger partial charge in [-0.3, -0.25) is 0 Å². The largest absolute Gasteiger partial charge is 0.478 e. The van der Waals surface area contributed by atoms with Crippen molar-refractivity contribution in [1.82, 2.24) is 4.98 Å². The number of hydrogen-bond acceptors (Lipinski definition) is 4. The predicted molar refractivity (Wildman–Crippen MR) is 72.6 cm³/mol. The number of carbonyl (C=O) groups is 1. The second-order valence-corrected chi connectivity index (χ2v) is 6.30. The first-order valence-electron chi connectivity index (χ1n) is 5.85. The molecule has 2 aromatic rings. The SMILES string of the molecule is Cc1ccc(S(=O)(=O)c2ccc(C(=O)O)c(C)n2)cc1. The number of carboxylic acids is 1. The number of aromatic nitrogens is 1. The number of sulfone groups is 1. The molecule has 0 saturated heterocycles. The van der Waals surface area contributed by atoms with Crippen LogP contribution in [-0.2, 0) is 9.84 Å². The number of benzene rings is 1. The first-order valence-corrected chi connectivity index (χ1v) is 7.33. The molecule has 2 rings (SSSR count). The van der Waals surface area contributed by atoms with Gasteiger partial charge in [0.1, 0.15) is 0 Å². The molecule has 0 bridgehead atoms. The van der Waals surface area contributed by atoms with Crippen LogP contribution in [0.1, 0.15) is 21.6 Å². The van der Waals surface area contributed by atoms with Gasteiger partial charge in [-0.1, -0.05) is 17.7 Å². The van der Waals surface area contributed by atoms with Crippen molar-refractivity contribution in [3.05, 3.63) is 53.2 Å². The average molecular weight is 291 g/mol. The van der Waals surface area contributed by atoms with Gasteiger partial charge in [0.15, 0.2) is 5.03 Å². The van der Waals surface area contributed by atoms with E-state index in [2.05, 4.69) is 4.98 Å². The lowest BCUT2D eigenvalue weighted by Crippen LogP contribution is -2.08. The van der Waals surface area contributed by atoms with Crippen LogP contribution in [0.3, 0.4) is 0 Å². The van der Waals surface area contributed by atoms with Crippen molar-refractivity contribution in [2.45, 2.75) is 23.8 Å². The fourth-order valence-corrected chi connectivity index (χ4v) is 2.99. The van der Waals surface area contributed by atoms with Crippen LogP contribution >= 0.6 is 0 Å². The summed E-state index contributed by atoms with van der Waals surface area (Å²) in [7, 11) is -3.72. The number of rotatable bonds is 3. The number of carboxylic acid groups (broad SMARTS) is 1. The Bertz CT molecular complexity index is 764. The van der Waals surface area contributed by atoms with Crippen molar-refractivity contribution in [1.29, 1.82) is 0 Å². The Hall–Kier alpha value is -2.21. The lowest BCUT2D eigenvalue weighted by molar-refractivity contribution is 0.0695. The molecule has 0 atom stereocenters. The summed E-state index contributed by atoms with van der Waals surface area (Å²) in [4.78, 5) is 14.9. The molecule has 1 aromatic carbocycles. The summed E-state index contributed by atoms with van der Waals surface area (Å²) in [6, 6.07) is 8.88. The molecule has 0 radical (unpaired) electrons. The molecule has 5 nitrogen and oxygen atoms in total. The van der Waals surface area contributed by atoms with E-state index in [1.165, 1.54) is 31.2 Å². The van der Waals surface area contributed by atoms with Gasteiger partial charge in [-0.25, -0.2) is 18.2 Å². The fourth-order valence-electron chi connectivity index (χ4n) is 1.75. The average Bonchev–Trinajstić information content (AvgIpc) is 2.38. The highest BCUT2D eigenvalue weighted by Gasteiger charge is 2.21. The quantitative estimate of drug-likeness (QED) is 0.937. The molecular weight excluding hydrogens is 278 g/mol. The third kappa shape index (κ3) is 2.55. The van der Waals surface area contributed by atoms with Crippen molar-refractivity contribution in [3.63, 3.8) is 0 Å². The Morgan fingerprint density at radius 2 is 1.65 bits per heavy atom. The normalized spacial score (nSPS) is 11.3. The van der Waals surface area contributed by atoms with Gasteiger partial charge in [0, 0.05) is 0 Å². The number of hydrogen-bond donors (Lipinski definition) is 1. The van der Waals surface area contributed by atoms with Gasteiger partial charge in [0.05, 0.1) is 16.2 Å². The van der Waals surface area contributed by atoms with Crippen molar-refractivity contribution in [3.8, 4) is 0 Å². The maximum Gasteiger partial charge on any atom is 0.337 e. The van der Waals surface area contributed by atoms with Gasteiger partial charge in [-0.05, 0) is 38.1 Å². The standard InChI is InChI=1S/C14H13NO4S/c1-9-3-5-11(6-4-9)20(18,19)13-8-7-12(14(16)17)10(2)15-13/h3-8H,1-2H3,(H,16,17). The summed E-state index contributed by atoms with van der Waals surface area (Å²) in [6.07, 6.45) is 0. The third-order valence-electron chi connectivity index (χ3n) is 2.90. The second-order valence-electron chi connectivity index (χ2n) is 4.40. The summed E-state index contributed by atoms with van der Waals surface area (Å²) in [5.74, 6) is -1.13. The summed E-state index contributed by atoms with van der Waals surface area (Å²) >= 11 is 0. The van der Waals surface area contributed by atoms with E-state index >= 15 is 0 Å². The lowest BCUT2D eigenvalue weighted by Gasteiger charge is -2.06. The summed E-state index contributed by atoms with van der Waals surface area (Å²) in [6.45, 7) is 3.33. The summed E-state index contributed by atoms with van der Waals surface area (Å²) < 4.78 is 24.7. The monoisotopic (exact) mass is 291 g/mol. The molecule has 1 N–H and O–H groups in total. The Morgan fingerprint density at radius 1 is 1.05 bits per heavy atom. The molecule has 6 heteroatoms. The van der Waals surface area contributed by atoms with Crippen molar-refractivity contribution >= 4 is 15.8 Å². The van der Waals surface area contributed by atoms with Gasteiger partial charge < -0.3 is 5.11 Å². The number of nitrogens with zero attached hydrogens (tertiary/aromatic N) is 1. The molecule has 0 aliphatic carbocycles. The van der Waals surface area contributed by atoms with Gasteiger partial charge in [0.25, 0.3) is 0 Å². The lowest BCUT2D eigenvalue weighted by atomic mass is 10.2. The number of aryl methyl sites for hydroxylation is 2. The van der Waals surface area contributed by atoms with Crippen LogP contribution in [0.25, 0.3) is 0 Å². The van der Waals surface area contributed by atoms with E-state index in [0.29, 0.717) is 0 Å². The van der Waals surface area contributed by atoms with Crippen LogP contribution in [0.4, 0.5) is 0 Å². The summed E-state index contributed by atoms with van der Waals surface area (Å²) in [5.41, 5.74) is 1.12. The minimum atomic E-state index is -3.72. The Morgan fingerprint density at radius 3 is 2.15 bits per heavy atom. The van der Waals surface area contributed by atoms with Crippen LogP contribution in [0, 0.1) is 13.8 Å². The van der Waals surface area contributed by atoms with E-state index in [9.17, 15) is 13.2 Å². The van der Waals surface area contributed by atoms with E-state index in [1.54, 1.807) is 12.1 Å². The molecule has 0 spiro atoms. The maximum absolute atomic E-state index is 12.4. The molecule has 0 unspecified atom stereocenters. The molecule has 0 aliphatic heterocycles. The minimum absolute atomic E-state index is 0.00661. The van der Waals surface area contributed by atoms with Gasteiger partial charge in [-0.15, -0.1) is 0 Å². The van der Waals surface area contributed by atoms with Crippen molar-refractivity contribution in [2.24, 2.45) is 0 Å². The van der Waals surface area contributed by atoms with Crippen LogP contribution in [0.5, 0.6) is 0 Å². The second kappa shape index (κ2) is 5.05. The summed E-state index contributed by atoms with van der Waals surface area (Å²) in [5, 5.41) is 8.77. The topological polar surface area (TPSA) is 84.3 Å². The smallest absolute Gasteiger partial charge is 0.337 e. The van der Waals surface area contributed by atoms with Crippen molar-refractivity contribution < 1.29 is 18.3 Å². The number of aromatic carboxylic acids is 1. The molecule has 1 heterocycles. The molecule has 104 valence electrons. The van der Waals surface area contributed by atoms with Crippen LogP contribution in [-0.4, -0.2) is 24.5 Å². The molecular formula is C14H13NO4S. The first-order chi connectivity index (χ1) is 9.32. The molecule has 0 aliphatic rings. The Labute approximate surface area is 116 Å². The van der Waals surface area contributed by atoms with E-state index in [4.69, 9.17) is 5.11 Å². The van der Waals surface area contributed by atoms with Gasteiger partial charge in [-0.2, -0.15) is 0 Å². The van der Waals surface area contributed by atoms with Crippen molar-refractivity contribution in [2.75, 3.05) is 0 Å². The Kier molecular flexibility index (Phi) is 3.59. The fraction of sp³-hybridized carbons (Fsp3) is 0.143. The Balaban J connectivity index is 2.52. The van der Waals surface area contributed by atoms with Crippen LogP contribution in [0.15, 0.2) is 46.3 Å². The van der Waals surface area contributed by atoms with Crippen LogP contribution < -0.4 is 0 Å². The van der Waals surface area contributed by atoms with E-state index in [1.807, 2.05) is 6.92 Å². The molecule has 1 aromatic heterocycles. The highest BCUT2D eigenvalue weighted by Crippen LogP contribution is 2.20. The maximum atomic E-state index is 12.4. The molecule has 20 heavy (non-hydrogen) atoms. The highest BCUT2D eigenvalue weighted by molar-refractivity contribution is 7.91. The van der Waals surface area contributed by atoms with Gasteiger partial charge in [0.2, 0.25) is 9.84 Å². The van der Waals surface area contributed by atoms with Gasteiger partial charge >= 0.3 is 5.97 Å². The van der Waals surface area contributed by atoms with E-state index in [0.717, 1.165) is 5.56 Å². The zero-order valence-corrected chi connectivity index (χ0v) is 11.8. The zero-order chi connectivity index (χ0) is 14.9.